The van der Waals surface area contributed by atoms with Crippen LogP contribution < -0.4 is 0 Å². The summed E-state index contributed by atoms with van der Waals surface area (Å²) in [6, 6.07) is 5.70. The van der Waals surface area contributed by atoms with Crippen LogP contribution in [0, 0.1) is 0 Å². The largest absolute Gasteiger partial charge is 0.462 e. The second-order valence-electron chi connectivity index (χ2n) is 3.69. The number of aryl methyl sites for hydroxylation is 1. The lowest BCUT2D eigenvalue weighted by atomic mass is 10.1. The van der Waals surface area contributed by atoms with Gasteiger partial charge in [0.2, 0.25) is 0 Å². The van der Waals surface area contributed by atoms with Crippen molar-refractivity contribution >= 4 is 21.9 Å². The third kappa shape index (κ3) is 3.97. The van der Waals surface area contributed by atoms with Gasteiger partial charge in [0.1, 0.15) is 0 Å². The van der Waals surface area contributed by atoms with Gasteiger partial charge in [-0.15, -0.1) is 0 Å². The summed E-state index contributed by atoms with van der Waals surface area (Å²) in [6.07, 6.45) is 2.86. The maximum Gasteiger partial charge on any atom is 0.338 e. The number of rotatable bonds is 5. The number of benzene rings is 1. The molecule has 0 bridgehead atoms. The summed E-state index contributed by atoms with van der Waals surface area (Å²) in [5, 5.41) is 0. The highest BCUT2D eigenvalue weighted by molar-refractivity contribution is 9.10. The molecule has 0 N–H and O–H groups in total. The van der Waals surface area contributed by atoms with E-state index in [1.165, 1.54) is 0 Å². The van der Waals surface area contributed by atoms with Gasteiger partial charge < -0.3 is 4.74 Å². The fourth-order valence-corrected chi connectivity index (χ4v) is 1.91. The minimum absolute atomic E-state index is 0.232. The van der Waals surface area contributed by atoms with Crippen molar-refractivity contribution in [1.82, 2.24) is 0 Å². The van der Waals surface area contributed by atoms with Gasteiger partial charge in [-0.05, 0) is 36.6 Å². The van der Waals surface area contributed by atoms with E-state index < -0.39 is 0 Å². The molecule has 0 amide bonds. The standard InChI is InChI=1S/C13H17BrO2/c1-3-5-6-16-13(15)11-7-10(4-2)8-12(14)9-11/h7-9H,3-6H2,1-2H3. The van der Waals surface area contributed by atoms with Crippen molar-refractivity contribution < 1.29 is 9.53 Å². The second-order valence-corrected chi connectivity index (χ2v) is 4.61. The van der Waals surface area contributed by atoms with Crippen LogP contribution in [0.15, 0.2) is 22.7 Å². The van der Waals surface area contributed by atoms with Gasteiger partial charge in [0.05, 0.1) is 12.2 Å². The molecular formula is C13H17BrO2. The number of hydrogen-bond donors (Lipinski definition) is 0. The Morgan fingerprint density at radius 1 is 1.31 bits per heavy atom. The molecule has 2 nitrogen and oxygen atoms in total. The summed E-state index contributed by atoms with van der Waals surface area (Å²) in [6.45, 7) is 4.64. The summed E-state index contributed by atoms with van der Waals surface area (Å²) >= 11 is 3.40. The molecule has 0 aliphatic rings. The zero-order chi connectivity index (χ0) is 12.0. The summed E-state index contributed by atoms with van der Waals surface area (Å²) in [4.78, 5) is 11.7. The summed E-state index contributed by atoms with van der Waals surface area (Å²) in [5.74, 6) is -0.232. The number of ether oxygens (including phenoxy) is 1. The number of esters is 1. The van der Waals surface area contributed by atoms with Crippen molar-refractivity contribution in [3.05, 3.63) is 33.8 Å². The van der Waals surface area contributed by atoms with Gasteiger partial charge in [0, 0.05) is 4.47 Å². The first kappa shape index (κ1) is 13.2. The Kier molecular flexibility index (Phi) is 5.53. The monoisotopic (exact) mass is 284 g/mol. The van der Waals surface area contributed by atoms with E-state index in [-0.39, 0.29) is 5.97 Å². The summed E-state index contributed by atoms with van der Waals surface area (Å²) in [5.41, 5.74) is 1.76. The molecule has 0 aliphatic heterocycles. The SMILES string of the molecule is CCCCOC(=O)c1cc(Br)cc(CC)c1. The average Bonchev–Trinajstić information content (AvgIpc) is 2.28. The van der Waals surface area contributed by atoms with E-state index >= 15 is 0 Å². The smallest absolute Gasteiger partial charge is 0.338 e. The van der Waals surface area contributed by atoms with Gasteiger partial charge >= 0.3 is 5.97 Å². The van der Waals surface area contributed by atoms with E-state index in [9.17, 15) is 4.79 Å². The third-order valence-corrected chi connectivity index (χ3v) is 2.79. The van der Waals surface area contributed by atoms with Gasteiger partial charge in [-0.3, -0.25) is 0 Å². The Hall–Kier alpha value is -0.830. The first-order chi connectivity index (χ1) is 7.67. The molecule has 0 saturated carbocycles. The van der Waals surface area contributed by atoms with Crippen LogP contribution in [0.5, 0.6) is 0 Å². The molecule has 88 valence electrons. The molecule has 0 atom stereocenters. The molecule has 1 aromatic carbocycles. The van der Waals surface area contributed by atoms with E-state index in [1.807, 2.05) is 12.1 Å². The van der Waals surface area contributed by atoms with Crippen LogP contribution in [0.25, 0.3) is 0 Å². The maximum atomic E-state index is 11.7. The van der Waals surface area contributed by atoms with Crippen LogP contribution in [-0.2, 0) is 11.2 Å². The topological polar surface area (TPSA) is 26.3 Å². The lowest BCUT2D eigenvalue weighted by Crippen LogP contribution is -2.06. The van der Waals surface area contributed by atoms with Crippen molar-refractivity contribution in [1.29, 1.82) is 0 Å². The molecular weight excluding hydrogens is 268 g/mol. The molecule has 3 heteroatoms. The lowest BCUT2D eigenvalue weighted by Gasteiger charge is -2.06. The third-order valence-electron chi connectivity index (χ3n) is 2.33. The lowest BCUT2D eigenvalue weighted by molar-refractivity contribution is 0.0499. The van der Waals surface area contributed by atoms with Crippen molar-refractivity contribution in [2.45, 2.75) is 33.1 Å². The molecule has 0 unspecified atom stereocenters. The van der Waals surface area contributed by atoms with Crippen molar-refractivity contribution in [3.63, 3.8) is 0 Å². The Labute approximate surface area is 105 Å². The van der Waals surface area contributed by atoms with E-state index in [2.05, 4.69) is 29.8 Å². The molecule has 0 radical (unpaired) electrons. The highest BCUT2D eigenvalue weighted by Crippen LogP contribution is 2.17. The maximum absolute atomic E-state index is 11.7. The predicted octanol–water partition coefficient (Wildman–Crippen LogP) is 3.97. The Bertz CT molecular complexity index is 361. The Morgan fingerprint density at radius 2 is 2.06 bits per heavy atom. The molecule has 0 aliphatic carbocycles. The number of carbonyl (C=O) groups is 1. The predicted molar refractivity (Wildman–Crippen MR) is 68.7 cm³/mol. The Morgan fingerprint density at radius 3 is 2.69 bits per heavy atom. The van der Waals surface area contributed by atoms with E-state index in [1.54, 1.807) is 6.07 Å². The zero-order valence-corrected chi connectivity index (χ0v) is 11.3. The molecule has 16 heavy (non-hydrogen) atoms. The minimum atomic E-state index is -0.232. The fraction of sp³-hybridized carbons (Fsp3) is 0.462. The van der Waals surface area contributed by atoms with E-state index in [0.717, 1.165) is 29.3 Å². The van der Waals surface area contributed by atoms with Crippen LogP contribution in [0.1, 0.15) is 42.6 Å². The first-order valence-electron chi connectivity index (χ1n) is 5.64. The molecule has 1 aromatic rings. The van der Waals surface area contributed by atoms with Gasteiger partial charge in [-0.25, -0.2) is 4.79 Å². The second kappa shape index (κ2) is 6.69. The van der Waals surface area contributed by atoms with Gasteiger partial charge in [-0.2, -0.15) is 0 Å². The normalized spacial score (nSPS) is 10.2. The van der Waals surface area contributed by atoms with Crippen molar-refractivity contribution in [3.8, 4) is 0 Å². The summed E-state index contributed by atoms with van der Waals surface area (Å²) in [7, 11) is 0. The van der Waals surface area contributed by atoms with Crippen molar-refractivity contribution in [2.75, 3.05) is 6.61 Å². The van der Waals surface area contributed by atoms with Gasteiger partial charge in [-0.1, -0.05) is 36.2 Å². The molecule has 0 fully saturated rings. The molecule has 0 heterocycles. The van der Waals surface area contributed by atoms with E-state index in [0.29, 0.717) is 12.2 Å². The quantitative estimate of drug-likeness (QED) is 0.604. The molecule has 0 aromatic heterocycles. The minimum Gasteiger partial charge on any atom is -0.462 e. The fourth-order valence-electron chi connectivity index (χ4n) is 1.36. The zero-order valence-electron chi connectivity index (χ0n) is 9.75. The molecule has 0 saturated heterocycles. The summed E-state index contributed by atoms with van der Waals surface area (Å²) < 4.78 is 6.09. The van der Waals surface area contributed by atoms with Crippen LogP contribution in [-0.4, -0.2) is 12.6 Å². The van der Waals surface area contributed by atoms with E-state index in [4.69, 9.17) is 4.74 Å². The van der Waals surface area contributed by atoms with Crippen LogP contribution in [0.3, 0.4) is 0 Å². The van der Waals surface area contributed by atoms with Crippen LogP contribution in [0.4, 0.5) is 0 Å². The molecule has 0 spiro atoms. The van der Waals surface area contributed by atoms with Crippen LogP contribution in [0.2, 0.25) is 0 Å². The van der Waals surface area contributed by atoms with Crippen molar-refractivity contribution in [2.24, 2.45) is 0 Å². The highest BCUT2D eigenvalue weighted by Gasteiger charge is 2.08. The van der Waals surface area contributed by atoms with Gasteiger partial charge in [0.15, 0.2) is 0 Å². The molecule has 1 rings (SSSR count). The Balaban J connectivity index is 2.71. The van der Waals surface area contributed by atoms with Crippen LogP contribution >= 0.6 is 15.9 Å². The number of hydrogen-bond acceptors (Lipinski definition) is 2. The number of unbranched alkanes of at least 4 members (excludes halogenated alkanes) is 1. The highest BCUT2D eigenvalue weighted by atomic mass is 79.9. The number of halogens is 1. The average molecular weight is 285 g/mol. The number of carbonyl (C=O) groups excluding carboxylic acids is 1. The van der Waals surface area contributed by atoms with Gasteiger partial charge in [0.25, 0.3) is 0 Å². The first-order valence-corrected chi connectivity index (χ1v) is 6.43.